The Labute approximate surface area is 146 Å². The molecule has 5 nitrogen and oxygen atoms in total. The Bertz CT molecular complexity index is 688. The van der Waals surface area contributed by atoms with Crippen molar-refractivity contribution in [3.8, 4) is 5.75 Å². The fraction of sp³-hybridized carbons (Fsp3) is 0.333. The number of nitrogens with zero attached hydrogens (tertiary/aromatic N) is 1. The Morgan fingerprint density at radius 2 is 2.29 bits per heavy atom. The number of hydrogen-bond acceptors (Lipinski definition) is 4. The van der Waals surface area contributed by atoms with Gasteiger partial charge < -0.3 is 15.4 Å². The number of pyridine rings is 1. The van der Waals surface area contributed by atoms with E-state index in [-0.39, 0.29) is 11.9 Å². The number of carbonyl (C=O) groups excluding carboxylic acids is 1. The largest absolute Gasteiger partial charge is 0.486 e. The van der Waals surface area contributed by atoms with Gasteiger partial charge in [-0.25, -0.2) is 0 Å². The van der Waals surface area contributed by atoms with E-state index in [0.29, 0.717) is 29.5 Å². The Balaban J connectivity index is 1.54. The quantitative estimate of drug-likeness (QED) is 0.842. The van der Waals surface area contributed by atoms with Crippen molar-refractivity contribution in [3.05, 3.63) is 53.3 Å². The molecule has 3 rings (SSSR count). The molecule has 0 aliphatic carbocycles. The maximum Gasteiger partial charge on any atom is 0.225 e. The van der Waals surface area contributed by atoms with Crippen LogP contribution >= 0.6 is 11.6 Å². The number of nitrogens with one attached hydrogen (secondary N) is 2. The van der Waals surface area contributed by atoms with Gasteiger partial charge in [0.05, 0.1) is 10.7 Å². The van der Waals surface area contributed by atoms with Crippen molar-refractivity contribution in [1.82, 2.24) is 10.3 Å². The van der Waals surface area contributed by atoms with Gasteiger partial charge in [0.2, 0.25) is 5.91 Å². The molecule has 1 aliphatic heterocycles. The Morgan fingerprint density at radius 1 is 1.38 bits per heavy atom. The van der Waals surface area contributed by atoms with Crippen molar-refractivity contribution in [2.75, 3.05) is 11.9 Å². The number of ether oxygens (including phenoxy) is 1. The van der Waals surface area contributed by atoms with Crippen LogP contribution in [0.15, 0.2) is 42.6 Å². The Hall–Kier alpha value is -2.11. The van der Waals surface area contributed by atoms with Crippen LogP contribution in [0, 0.1) is 0 Å². The highest BCUT2D eigenvalue weighted by Gasteiger charge is 2.17. The first-order valence-electron chi connectivity index (χ1n) is 8.06. The third kappa shape index (κ3) is 4.69. The van der Waals surface area contributed by atoms with E-state index in [1.54, 1.807) is 24.4 Å². The molecule has 1 aromatic carbocycles. The smallest absolute Gasteiger partial charge is 0.225 e. The molecule has 1 amide bonds. The lowest BCUT2D eigenvalue weighted by atomic mass is 10.1. The summed E-state index contributed by atoms with van der Waals surface area (Å²) in [5.74, 6) is 0.561. The van der Waals surface area contributed by atoms with Crippen LogP contribution in [0.1, 0.15) is 25.0 Å². The molecule has 1 unspecified atom stereocenters. The summed E-state index contributed by atoms with van der Waals surface area (Å²) in [5, 5.41) is 6.65. The lowest BCUT2D eigenvalue weighted by molar-refractivity contribution is -0.116. The molecule has 126 valence electrons. The normalized spacial score (nSPS) is 16.8. The summed E-state index contributed by atoms with van der Waals surface area (Å²) in [6.07, 6.45) is 4.38. The molecule has 0 radical (unpaired) electrons. The highest BCUT2D eigenvalue weighted by atomic mass is 35.5. The summed E-state index contributed by atoms with van der Waals surface area (Å²) in [5.41, 5.74) is 1.50. The molecule has 2 heterocycles. The first kappa shape index (κ1) is 16.7. The highest BCUT2D eigenvalue weighted by Crippen LogP contribution is 2.28. The van der Waals surface area contributed by atoms with E-state index < -0.39 is 0 Å². The van der Waals surface area contributed by atoms with Gasteiger partial charge in [-0.2, -0.15) is 0 Å². The topological polar surface area (TPSA) is 63.2 Å². The van der Waals surface area contributed by atoms with Gasteiger partial charge in [-0.3, -0.25) is 9.78 Å². The minimum atomic E-state index is -0.00683. The van der Waals surface area contributed by atoms with Crippen LogP contribution in [-0.2, 0) is 11.4 Å². The lowest BCUT2D eigenvalue weighted by Gasteiger charge is -2.12. The van der Waals surface area contributed by atoms with Gasteiger partial charge in [-0.05, 0) is 49.7 Å². The number of hydrogen-bond donors (Lipinski definition) is 2. The molecule has 6 heteroatoms. The second-order valence-electron chi connectivity index (χ2n) is 5.80. The molecule has 0 spiro atoms. The number of amides is 1. The number of aromatic nitrogens is 1. The van der Waals surface area contributed by atoms with Gasteiger partial charge >= 0.3 is 0 Å². The van der Waals surface area contributed by atoms with Crippen LogP contribution in [0.4, 0.5) is 5.69 Å². The van der Waals surface area contributed by atoms with Crippen LogP contribution in [-0.4, -0.2) is 23.5 Å². The van der Waals surface area contributed by atoms with Gasteiger partial charge in [-0.15, -0.1) is 0 Å². The summed E-state index contributed by atoms with van der Waals surface area (Å²) in [6, 6.07) is 11.2. The van der Waals surface area contributed by atoms with Gasteiger partial charge in [0, 0.05) is 24.3 Å². The summed E-state index contributed by atoms with van der Waals surface area (Å²) < 4.78 is 5.67. The molecular formula is C18H20ClN3O2. The number of anilines is 1. The second kappa shape index (κ2) is 8.13. The number of carbonyl (C=O) groups is 1. The third-order valence-corrected chi connectivity index (χ3v) is 4.21. The SMILES string of the molecule is O=C(CC1CCCN1)Nc1ccc(OCc2ccccn2)c(Cl)c1. The molecule has 1 aliphatic rings. The zero-order chi connectivity index (χ0) is 16.8. The van der Waals surface area contributed by atoms with Crippen molar-refractivity contribution < 1.29 is 9.53 Å². The average Bonchev–Trinajstić information content (AvgIpc) is 3.08. The standard InChI is InChI=1S/C18H20ClN3O2/c19-16-10-14(22-18(23)11-13-5-3-9-20-13)6-7-17(16)24-12-15-4-1-2-8-21-15/h1-2,4,6-8,10,13,20H,3,5,9,11-12H2,(H,22,23). The van der Waals surface area contributed by atoms with Crippen molar-refractivity contribution in [3.63, 3.8) is 0 Å². The highest BCUT2D eigenvalue weighted by molar-refractivity contribution is 6.32. The van der Waals surface area contributed by atoms with E-state index in [9.17, 15) is 4.79 Å². The van der Waals surface area contributed by atoms with E-state index in [0.717, 1.165) is 25.1 Å². The van der Waals surface area contributed by atoms with E-state index in [1.807, 2.05) is 18.2 Å². The van der Waals surface area contributed by atoms with Gasteiger partial charge in [0.25, 0.3) is 0 Å². The van der Waals surface area contributed by atoms with Crippen molar-refractivity contribution in [2.45, 2.75) is 31.9 Å². The lowest BCUT2D eigenvalue weighted by Crippen LogP contribution is -2.27. The van der Waals surface area contributed by atoms with Crippen LogP contribution in [0.25, 0.3) is 0 Å². The Morgan fingerprint density at radius 3 is 3.00 bits per heavy atom. The monoisotopic (exact) mass is 345 g/mol. The van der Waals surface area contributed by atoms with Crippen molar-refractivity contribution >= 4 is 23.2 Å². The minimum Gasteiger partial charge on any atom is -0.486 e. The van der Waals surface area contributed by atoms with Gasteiger partial charge in [0.15, 0.2) is 0 Å². The summed E-state index contributed by atoms with van der Waals surface area (Å²) in [7, 11) is 0. The van der Waals surface area contributed by atoms with Crippen LogP contribution in [0.3, 0.4) is 0 Å². The molecule has 2 aromatic rings. The van der Waals surface area contributed by atoms with E-state index in [4.69, 9.17) is 16.3 Å². The number of halogens is 1. The molecule has 1 saturated heterocycles. The van der Waals surface area contributed by atoms with Gasteiger partial charge in [0.1, 0.15) is 12.4 Å². The van der Waals surface area contributed by atoms with E-state index in [1.165, 1.54) is 0 Å². The first-order chi connectivity index (χ1) is 11.7. The molecule has 1 fully saturated rings. The van der Waals surface area contributed by atoms with Crippen LogP contribution in [0.5, 0.6) is 5.75 Å². The van der Waals surface area contributed by atoms with Crippen LogP contribution < -0.4 is 15.4 Å². The summed E-state index contributed by atoms with van der Waals surface area (Å²) in [4.78, 5) is 16.2. The maximum absolute atomic E-state index is 12.0. The van der Waals surface area contributed by atoms with Crippen molar-refractivity contribution in [2.24, 2.45) is 0 Å². The zero-order valence-corrected chi connectivity index (χ0v) is 14.1. The summed E-state index contributed by atoms with van der Waals surface area (Å²) >= 11 is 6.24. The van der Waals surface area contributed by atoms with E-state index in [2.05, 4.69) is 15.6 Å². The average molecular weight is 346 g/mol. The predicted molar refractivity (Wildman–Crippen MR) is 94.3 cm³/mol. The third-order valence-electron chi connectivity index (χ3n) is 3.91. The predicted octanol–water partition coefficient (Wildman–Crippen LogP) is 3.39. The van der Waals surface area contributed by atoms with E-state index >= 15 is 0 Å². The molecule has 1 atom stereocenters. The molecule has 0 bridgehead atoms. The molecule has 1 aromatic heterocycles. The molecule has 2 N–H and O–H groups in total. The fourth-order valence-electron chi connectivity index (χ4n) is 2.70. The maximum atomic E-state index is 12.0. The molecule has 0 saturated carbocycles. The van der Waals surface area contributed by atoms with Crippen LogP contribution in [0.2, 0.25) is 5.02 Å². The van der Waals surface area contributed by atoms with Gasteiger partial charge in [-0.1, -0.05) is 17.7 Å². The number of rotatable bonds is 6. The fourth-order valence-corrected chi connectivity index (χ4v) is 2.93. The van der Waals surface area contributed by atoms with Crippen molar-refractivity contribution in [1.29, 1.82) is 0 Å². The Kier molecular flexibility index (Phi) is 5.67. The number of benzene rings is 1. The zero-order valence-electron chi connectivity index (χ0n) is 13.3. The molecule has 24 heavy (non-hydrogen) atoms. The second-order valence-corrected chi connectivity index (χ2v) is 6.21. The minimum absolute atomic E-state index is 0.00683. The molecular weight excluding hydrogens is 326 g/mol. The summed E-state index contributed by atoms with van der Waals surface area (Å²) in [6.45, 7) is 1.34. The first-order valence-corrected chi connectivity index (χ1v) is 8.44.